The molecule has 5 N–H and O–H groups in total. The van der Waals surface area contributed by atoms with Crippen molar-refractivity contribution < 1.29 is 61.1 Å². The average molecular weight is 1210 g/mol. The molecule has 0 spiro atoms. The van der Waals surface area contributed by atoms with E-state index >= 15 is 0 Å². The third kappa shape index (κ3) is 14.4. The summed E-state index contributed by atoms with van der Waals surface area (Å²) in [5, 5.41) is 30.2. The zero-order valence-corrected chi connectivity index (χ0v) is 50.6. The number of aromatic hydroxyl groups is 1. The fraction of sp³-hybridized carbons (Fsp3) is 0.183. The molecule has 10 aromatic rings. The minimum absolute atomic E-state index is 0. The zero-order chi connectivity index (χ0) is 57.5. The number of phenols is 1. The van der Waals surface area contributed by atoms with E-state index in [1.54, 1.807) is 30.3 Å². The second-order valence-corrected chi connectivity index (χ2v) is 25.0. The van der Waals surface area contributed by atoms with Gasteiger partial charge in [-0.05, 0) is 32.9 Å². The summed E-state index contributed by atoms with van der Waals surface area (Å²) in [5.41, 5.74) is 3.50. The number of hydrogen-bond donors (Lipinski definition) is 3. The van der Waals surface area contributed by atoms with Gasteiger partial charge in [-0.3, -0.25) is 9.59 Å². The summed E-state index contributed by atoms with van der Waals surface area (Å²) in [6.07, 6.45) is 0. The number of aromatic nitrogens is 5. The van der Waals surface area contributed by atoms with Crippen molar-refractivity contribution >= 4 is 113 Å². The van der Waals surface area contributed by atoms with Crippen molar-refractivity contribution in [3.63, 3.8) is 0 Å². The number of pyridine rings is 5. The van der Waals surface area contributed by atoms with Crippen molar-refractivity contribution in [3.05, 3.63) is 180 Å². The first-order valence-electron chi connectivity index (χ1n) is 25.1. The Kier molecular flexibility index (Phi) is 18.9. The summed E-state index contributed by atoms with van der Waals surface area (Å²) in [4.78, 5) is 71.8. The molecule has 19 nitrogen and oxygen atoms in total. The Bertz CT molecular complexity index is 3610. The van der Waals surface area contributed by atoms with Gasteiger partial charge >= 0.3 is 367 Å². The summed E-state index contributed by atoms with van der Waals surface area (Å²) < 4.78 is 38.2. The van der Waals surface area contributed by atoms with Crippen LogP contribution in [0.2, 0.25) is 0 Å². The Hall–Kier alpha value is -8.74. The number of aryl methyl sites for hydroxylation is 5. The van der Waals surface area contributed by atoms with Gasteiger partial charge in [0.15, 0.2) is 5.41 Å². The van der Waals surface area contributed by atoms with Crippen molar-refractivity contribution in [1.82, 2.24) is 24.9 Å². The molecule has 0 saturated heterocycles. The monoisotopic (exact) mass is 1210 g/mol. The molecule has 5 aromatic heterocycles. The van der Waals surface area contributed by atoms with Gasteiger partial charge < -0.3 is 20.8 Å². The quantitative estimate of drug-likeness (QED) is 0.0674. The van der Waals surface area contributed by atoms with E-state index in [4.69, 9.17) is 51.3 Å². The SMILES string of the molecule is CC(C)(C(=O)O)C(=O)O.Cc1ccc2cccc(O)c2n1.Cc1ccc2cccc([O][Ga]([O]C(=O)C(C)(C)C(=O)[O][Ga]([O]c3cccc4ccc(C)nc34)[O]c3cccc4ccc(C)nc34)[O]c3cccc4ccc(C)nc34)c2n1.O. The van der Waals surface area contributed by atoms with E-state index in [2.05, 4.69) is 4.98 Å². The number of rotatable bonds is 14. The zero-order valence-electron chi connectivity index (χ0n) is 45.7. The van der Waals surface area contributed by atoms with Crippen molar-refractivity contribution in [2.24, 2.45) is 10.8 Å². The van der Waals surface area contributed by atoms with E-state index in [-0.39, 0.29) is 11.2 Å². The second-order valence-electron chi connectivity index (χ2n) is 19.6. The number of carbonyl (C=O) groups is 4. The Morgan fingerprint density at radius 1 is 0.370 bits per heavy atom. The smallest absolute Gasteiger partial charge is 0.412 e. The van der Waals surface area contributed by atoms with Crippen LogP contribution in [0.4, 0.5) is 0 Å². The Balaban J connectivity index is 0.000000359. The topological polar surface area (TPSA) is 280 Å². The average Bonchev–Trinajstić information content (AvgIpc) is 3.43. The Morgan fingerprint density at radius 2 is 0.617 bits per heavy atom. The molecule has 0 amide bonds. The van der Waals surface area contributed by atoms with Crippen LogP contribution >= 0.6 is 0 Å². The number of carboxylic acids is 2. The number of carboxylic acid groups (broad SMARTS) is 2. The molecule has 81 heavy (non-hydrogen) atoms. The van der Waals surface area contributed by atoms with Crippen LogP contribution in [0.5, 0.6) is 28.7 Å². The van der Waals surface area contributed by atoms with Crippen molar-refractivity contribution in [2.75, 3.05) is 0 Å². The van der Waals surface area contributed by atoms with Crippen LogP contribution in [-0.2, 0) is 26.2 Å². The molecule has 5 heterocycles. The molecule has 0 aliphatic rings. The van der Waals surface area contributed by atoms with Crippen LogP contribution in [-0.4, -0.2) is 104 Å². The molecule has 21 heteroatoms. The Labute approximate surface area is 478 Å². The van der Waals surface area contributed by atoms with Crippen LogP contribution < -0.4 is 14.1 Å². The third-order valence-corrected chi connectivity index (χ3v) is 18.0. The first kappa shape index (κ1) is 59.9. The van der Waals surface area contributed by atoms with Crippen molar-refractivity contribution in [2.45, 2.75) is 62.3 Å². The van der Waals surface area contributed by atoms with E-state index in [1.165, 1.54) is 13.8 Å². The minimum Gasteiger partial charge on any atom is -0.412 e. The molecule has 10 rings (SSSR count). The van der Waals surface area contributed by atoms with E-state index in [1.807, 2.05) is 156 Å². The number of hydrogen-bond acceptors (Lipinski definition) is 16. The van der Waals surface area contributed by atoms with E-state index in [0.717, 1.165) is 69.2 Å². The molecule has 0 radical (unpaired) electrons. The molecule has 0 bridgehead atoms. The van der Waals surface area contributed by atoms with Gasteiger partial charge in [0, 0.05) is 11.1 Å². The number of nitrogens with zero attached hydrogens (tertiary/aromatic N) is 5. The van der Waals surface area contributed by atoms with Gasteiger partial charge in [0.25, 0.3) is 0 Å². The maximum Gasteiger partial charge on any atom is -0.412 e. The predicted octanol–water partition coefficient (Wildman–Crippen LogP) is 10.4. The third-order valence-electron chi connectivity index (χ3n) is 12.5. The predicted molar refractivity (Wildman–Crippen MR) is 307 cm³/mol. The normalized spacial score (nSPS) is 11.0. The van der Waals surface area contributed by atoms with Crippen LogP contribution in [0.25, 0.3) is 54.5 Å². The molecule has 0 unspecified atom stereocenters. The summed E-state index contributed by atoms with van der Waals surface area (Å²) in [6.45, 7) is 14.5. The first-order valence-corrected chi connectivity index (χ1v) is 31.1. The molecule has 0 atom stereocenters. The maximum atomic E-state index is 14.3. The number of aliphatic carboxylic acids is 2. The summed E-state index contributed by atoms with van der Waals surface area (Å²) in [7, 11) is 0. The largest absolute Gasteiger partial charge is 0.412 e. The van der Waals surface area contributed by atoms with Crippen LogP contribution in [0.1, 0.15) is 56.2 Å². The summed E-state index contributed by atoms with van der Waals surface area (Å²) in [5.74, 6) is -2.71. The molecule has 0 fully saturated rings. The first-order chi connectivity index (χ1) is 38.1. The number of para-hydroxylation sites is 5. The molecular formula is C60H57Ga2N5O14. The molecule has 0 aliphatic heterocycles. The van der Waals surface area contributed by atoms with E-state index in [0.29, 0.717) is 50.6 Å². The maximum absolute atomic E-state index is 14.3. The summed E-state index contributed by atoms with van der Waals surface area (Å²) >= 11 is -8.40. The number of carbonyl (C=O) groups excluding carboxylic acids is 2. The summed E-state index contributed by atoms with van der Waals surface area (Å²) in [6, 6.07) is 46.6. The van der Waals surface area contributed by atoms with Gasteiger partial charge in [0.05, 0.1) is 0 Å². The van der Waals surface area contributed by atoms with Gasteiger partial charge in [0.2, 0.25) is 0 Å². The van der Waals surface area contributed by atoms with Gasteiger partial charge in [-0.2, -0.15) is 0 Å². The molecule has 5 aromatic carbocycles. The van der Waals surface area contributed by atoms with Crippen molar-refractivity contribution in [1.29, 1.82) is 0 Å². The number of fused-ring (bicyclic) bond motifs is 5. The second kappa shape index (κ2) is 25.6. The van der Waals surface area contributed by atoms with Crippen LogP contribution in [0.3, 0.4) is 0 Å². The molecule has 0 aliphatic carbocycles. The van der Waals surface area contributed by atoms with Gasteiger partial charge in [-0.25, -0.2) is 4.98 Å². The Morgan fingerprint density at radius 3 is 0.877 bits per heavy atom. The number of phenolic OH excluding ortho intramolecular Hbond substituents is 1. The van der Waals surface area contributed by atoms with Gasteiger partial charge in [-0.1, -0.05) is 18.2 Å². The minimum atomic E-state index is -4.20. The van der Waals surface area contributed by atoms with Crippen LogP contribution in [0, 0.1) is 45.4 Å². The molecule has 0 saturated carbocycles. The molecule has 412 valence electrons. The fourth-order valence-electron chi connectivity index (χ4n) is 7.68. The van der Waals surface area contributed by atoms with E-state index < -0.39 is 69.3 Å². The standard InChI is InChI=1S/5C10H9NO.2C5H8O4.2Ga.H2O/c5*1-7-5-6-8-3-2-4-9(12)10(8)11-7;2*1-5(2,3(6)7)4(8)9;;;/h5*2-6,12H,1H3;2*1-2H3,(H,6,7)(H,8,9);;;1H2/q;;;;;;;2*+3;/p-6. The van der Waals surface area contributed by atoms with Crippen LogP contribution in [0.15, 0.2) is 152 Å². The van der Waals surface area contributed by atoms with Crippen molar-refractivity contribution in [3.8, 4) is 28.7 Å². The number of benzene rings is 5. The van der Waals surface area contributed by atoms with Gasteiger partial charge in [-0.15, -0.1) is 0 Å². The fourth-order valence-corrected chi connectivity index (χ4v) is 13.6. The van der Waals surface area contributed by atoms with Gasteiger partial charge in [0.1, 0.15) is 11.3 Å². The molecular weight excluding hydrogens is 1150 g/mol. The van der Waals surface area contributed by atoms with E-state index in [9.17, 15) is 24.3 Å².